The molecule has 24 heavy (non-hydrogen) atoms. The number of aromatic nitrogens is 2. The fourth-order valence-electron chi connectivity index (χ4n) is 3.41. The Morgan fingerprint density at radius 1 is 1.38 bits per heavy atom. The van der Waals surface area contributed by atoms with E-state index in [9.17, 15) is 4.79 Å². The standard InChI is InChI=1S/C18H22N4O2/c1-12-4-2-5-14(10-12)15-6-3-9-22(15)11-16(23)19-18-20-17(21-24-18)13-7-8-13/h2,4-5,10,13,15H,3,6-9,11H2,1H3,(H,19,20,21,23). The van der Waals surface area contributed by atoms with Crippen molar-refractivity contribution in [2.75, 3.05) is 18.4 Å². The van der Waals surface area contributed by atoms with Crippen molar-refractivity contribution in [1.29, 1.82) is 0 Å². The summed E-state index contributed by atoms with van der Waals surface area (Å²) in [5.41, 5.74) is 2.54. The normalized spacial score (nSPS) is 21.1. The molecule has 0 bridgehead atoms. The van der Waals surface area contributed by atoms with Gasteiger partial charge in [0.1, 0.15) is 0 Å². The summed E-state index contributed by atoms with van der Waals surface area (Å²) in [4.78, 5) is 18.8. The van der Waals surface area contributed by atoms with Gasteiger partial charge in [-0.3, -0.25) is 15.0 Å². The second-order valence-electron chi connectivity index (χ2n) is 6.82. The zero-order valence-corrected chi connectivity index (χ0v) is 13.9. The van der Waals surface area contributed by atoms with Crippen LogP contribution < -0.4 is 5.32 Å². The van der Waals surface area contributed by atoms with Crippen LogP contribution in [-0.4, -0.2) is 34.0 Å². The van der Waals surface area contributed by atoms with E-state index < -0.39 is 0 Å². The lowest BCUT2D eigenvalue weighted by Crippen LogP contribution is -2.33. The lowest BCUT2D eigenvalue weighted by Gasteiger charge is -2.24. The zero-order valence-electron chi connectivity index (χ0n) is 13.9. The molecular formula is C18H22N4O2. The first-order chi connectivity index (χ1) is 11.7. The number of benzene rings is 1. The maximum Gasteiger partial charge on any atom is 0.328 e. The van der Waals surface area contributed by atoms with E-state index in [2.05, 4.69) is 51.5 Å². The maximum absolute atomic E-state index is 12.3. The Morgan fingerprint density at radius 2 is 2.25 bits per heavy atom. The molecule has 4 rings (SSSR count). The molecule has 2 aliphatic rings. The van der Waals surface area contributed by atoms with Crippen molar-refractivity contribution in [2.24, 2.45) is 0 Å². The summed E-state index contributed by atoms with van der Waals surface area (Å²) in [6.07, 6.45) is 4.42. The van der Waals surface area contributed by atoms with Gasteiger partial charge in [0.05, 0.1) is 6.54 Å². The maximum atomic E-state index is 12.3. The third-order valence-electron chi connectivity index (χ3n) is 4.77. The molecule has 1 saturated carbocycles. The van der Waals surface area contributed by atoms with Gasteiger partial charge in [0.2, 0.25) is 5.91 Å². The number of aryl methyl sites for hydroxylation is 1. The first kappa shape index (κ1) is 15.3. The predicted octanol–water partition coefficient (Wildman–Crippen LogP) is 3.03. The zero-order chi connectivity index (χ0) is 16.5. The number of carbonyl (C=O) groups excluding carboxylic acids is 1. The molecule has 1 aliphatic heterocycles. The van der Waals surface area contributed by atoms with Crippen molar-refractivity contribution in [3.8, 4) is 0 Å². The fourth-order valence-corrected chi connectivity index (χ4v) is 3.41. The molecule has 1 N–H and O–H groups in total. The van der Waals surface area contributed by atoms with E-state index >= 15 is 0 Å². The molecule has 1 unspecified atom stereocenters. The van der Waals surface area contributed by atoms with E-state index in [4.69, 9.17) is 4.52 Å². The van der Waals surface area contributed by atoms with Crippen LogP contribution in [-0.2, 0) is 4.79 Å². The fraction of sp³-hybridized carbons (Fsp3) is 0.500. The molecule has 2 fully saturated rings. The number of hydrogen-bond acceptors (Lipinski definition) is 5. The SMILES string of the molecule is Cc1cccc(C2CCCN2CC(=O)Nc2nc(C3CC3)no2)c1. The van der Waals surface area contributed by atoms with Crippen molar-refractivity contribution in [3.05, 3.63) is 41.2 Å². The van der Waals surface area contributed by atoms with Crippen molar-refractivity contribution < 1.29 is 9.32 Å². The minimum absolute atomic E-state index is 0.0967. The van der Waals surface area contributed by atoms with Gasteiger partial charge in [-0.25, -0.2) is 0 Å². The average molecular weight is 326 g/mol. The van der Waals surface area contributed by atoms with Crippen molar-refractivity contribution in [1.82, 2.24) is 15.0 Å². The summed E-state index contributed by atoms with van der Waals surface area (Å²) in [7, 11) is 0. The first-order valence-electron chi connectivity index (χ1n) is 8.63. The largest absolute Gasteiger partial charge is 0.328 e. The van der Waals surface area contributed by atoms with Crippen LogP contribution in [0.2, 0.25) is 0 Å². The summed E-state index contributed by atoms with van der Waals surface area (Å²) in [6, 6.07) is 9.06. The molecule has 2 aromatic rings. The van der Waals surface area contributed by atoms with Crippen LogP contribution in [0.3, 0.4) is 0 Å². The molecule has 2 heterocycles. The molecule has 6 heteroatoms. The van der Waals surface area contributed by atoms with Crippen LogP contribution >= 0.6 is 0 Å². The van der Waals surface area contributed by atoms with Gasteiger partial charge in [0.15, 0.2) is 5.82 Å². The van der Waals surface area contributed by atoms with Crippen LogP contribution in [0.25, 0.3) is 0 Å². The molecule has 126 valence electrons. The number of carbonyl (C=O) groups is 1. The lowest BCUT2D eigenvalue weighted by molar-refractivity contribution is -0.117. The topological polar surface area (TPSA) is 71.3 Å². The molecule has 1 aliphatic carbocycles. The van der Waals surface area contributed by atoms with E-state index in [1.165, 1.54) is 11.1 Å². The number of likely N-dealkylation sites (tertiary alicyclic amines) is 1. The molecule has 1 atom stereocenters. The average Bonchev–Trinajstić information content (AvgIpc) is 3.13. The van der Waals surface area contributed by atoms with Gasteiger partial charge >= 0.3 is 6.01 Å². The summed E-state index contributed by atoms with van der Waals surface area (Å²) in [5, 5.41) is 6.66. The summed E-state index contributed by atoms with van der Waals surface area (Å²) in [6.45, 7) is 3.38. The van der Waals surface area contributed by atoms with E-state index in [0.717, 1.165) is 32.2 Å². The number of amides is 1. The van der Waals surface area contributed by atoms with Crippen molar-refractivity contribution >= 4 is 11.9 Å². The second-order valence-corrected chi connectivity index (χ2v) is 6.82. The minimum atomic E-state index is -0.0967. The Morgan fingerprint density at radius 3 is 3.04 bits per heavy atom. The summed E-state index contributed by atoms with van der Waals surface area (Å²) in [5.74, 6) is 1.04. The van der Waals surface area contributed by atoms with Gasteiger partial charge < -0.3 is 4.52 Å². The lowest BCUT2D eigenvalue weighted by atomic mass is 10.0. The molecule has 1 aromatic carbocycles. The van der Waals surface area contributed by atoms with Crippen LogP contribution in [0, 0.1) is 6.92 Å². The van der Waals surface area contributed by atoms with Crippen LogP contribution in [0.5, 0.6) is 0 Å². The molecule has 0 radical (unpaired) electrons. The molecule has 1 aromatic heterocycles. The third-order valence-corrected chi connectivity index (χ3v) is 4.77. The molecule has 6 nitrogen and oxygen atoms in total. The highest BCUT2D eigenvalue weighted by molar-refractivity contribution is 5.90. The Bertz CT molecular complexity index is 738. The number of nitrogens with zero attached hydrogens (tertiary/aromatic N) is 3. The highest BCUT2D eigenvalue weighted by Crippen LogP contribution is 2.38. The second kappa shape index (κ2) is 6.36. The number of hydrogen-bond donors (Lipinski definition) is 1. The van der Waals surface area contributed by atoms with E-state index in [1.54, 1.807) is 0 Å². The van der Waals surface area contributed by atoms with E-state index in [0.29, 0.717) is 24.3 Å². The quantitative estimate of drug-likeness (QED) is 0.914. The molecule has 0 spiro atoms. The minimum Gasteiger partial charge on any atom is -0.315 e. The van der Waals surface area contributed by atoms with Crippen LogP contribution in [0.1, 0.15) is 54.6 Å². The van der Waals surface area contributed by atoms with E-state index in [-0.39, 0.29) is 11.9 Å². The van der Waals surface area contributed by atoms with Crippen molar-refractivity contribution in [3.63, 3.8) is 0 Å². The highest BCUT2D eigenvalue weighted by atomic mass is 16.5. The summed E-state index contributed by atoms with van der Waals surface area (Å²) < 4.78 is 5.12. The van der Waals surface area contributed by atoms with Gasteiger partial charge in [-0.1, -0.05) is 35.0 Å². The van der Waals surface area contributed by atoms with Gasteiger partial charge in [0.25, 0.3) is 0 Å². The molecule has 1 amide bonds. The molecular weight excluding hydrogens is 304 g/mol. The number of anilines is 1. The Balaban J connectivity index is 1.38. The van der Waals surface area contributed by atoms with Crippen LogP contribution in [0.15, 0.2) is 28.8 Å². The first-order valence-corrected chi connectivity index (χ1v) is 8.63. The summed E-state index contributed by atoms with van der Waals surface area (Å²) >= 11 is 0. The Kier molecular flexibility index (Phi) is 4.06. The Labute approximate surface area is 141 Å². The number of nitrogens with one attached hydrogen (secondary N) is 1. The van der Waals surface area contributed by atoms with Gasteiger partial charge in [-0.15, -0.1) is 0 Å². The van der Waals surface area contributed by atoms with Crippen molar-refractivity contribution in [2.45, 2.75) is 44.6 Å². The number of rotatable bonds is 5. The predicted molar refractivity (Wildman–Crippen MR) is 89.6 cm³/mol. The van der Waals surface area contributed by atoms with Gasteiger partial charge in [-0.05, 0) is 44.7 Å². The Hall–Kier alpha value is -2.21. The molecule has 1 saturated heterocycles. The van der Waals surface area contributed by atoms with E-state index in [1.807, 2.05) is 0 Å². The van der Waals surface area contributed by atoms with Gasteiger partial charge in [-0.2, -0.15) is 4.98 Å². The van der Waals surface area contributed by atoms with Gasteiger partial charge in [0, 0.05) is 12.0 Å². The monoisotopic (exact) mass is 326 g/mol. The smallest absolute Gasteiger partial charge is 0.315 e. The third kappa shape index (κ3) is 3.33. The highest BCUT2D eigenvalue weighted by Gasteiger charge is 2.30. The van der Waals surface area contributed by atoms with Crippen LogP contribution in [0.4, 0.5) is 6.01 Å².